The zero-order valence-electron chi connectivity index (χ0n) is 15.3. The molecule has 0 radical (unpaired) electrons. The quantitative estimate of drug-likeness (QED) is 0.851. The van der Waals surface area contributed by atoms with E-state index in [0.29, 0.717) is 25.2 Å². The van der Waals surface area contributed by atoms with Crippen LogP contribution in [0.1, 0.15) is 24.3 Å². The first kappa shape index (κ1) is 18.0. The number of nitrogens with zero attached hydrogens (tertiary/aromatic N) is 3. The Hall–Kier alpha value is -2.39. The van der Waals surface area contributed by atoms with E-state index in [9.17, 15) is 13.2 Å². The summed E-state index contributed by atoms with van der Waals surface area (Å²) in [5, 5.41) is 6.68. The van der Waals surface area contributed by atoms with Crippen LogP contribution < -0.4 is 10.2 Å². The molecule has 1 aromatic carbocycles. The van der Waals surface area contributed by atoms with Crippen LogP contribution in [0.3, 0.4) is 0 Å². The smallest absolute Gasteiger partial charge is 0.248 e. The lowest BCUT2D eigenvalue weighted by Crippen LogP contribution is -2.57. The fourth-order valence-corrected chi connectivity index (χ4v) is 5.83. The molecule has 0 atom stereocenters. The summed E-state index contributed by atoms with van der Waals surface area (Å²) < 4.78 is 32.5. The van der Waals surface area contributed by atoms with Crippen LogP contribution >= 0.6 is 0 Å². The maximum atomic E-state index is 13.0. The molecule has 2 aromatic rings. The highest BCUT2D eigenvalue weighted by Gasteiger charge is 2.52. The topological polar surface area (TPSA) is 95.8 Å². The van der Waals surface area contributed by atoms with Crippen LogP contribution in [0.5, 0.6) is 0 Å². The first-order chi connectivity index (χ1) is 12.9. The van der Waals surface area contributed by atoms with Crippen molar-refractivity contribution in [3.8, 4) is 0 Å². The Morgan fingerprint density at radius 2 is 1.81 bits per heavy atom. The summed E-state index contributed by atoms with van der Waals surface area (Å²) in [6.07, 6.45) is 0.854. The van der Waals surface area contributed by atoms with Gasteiger partial charge in [-0.2, -0.15) is 4.31 Å². The molecule has 3 heterocycles. The van der Waals surface area contributed by atoms with Crippen molar-refractivity contribution >= 4 is 21.6 Å². The van der Waals surface area contributed by atoms with E-state index in [1.807, 2.05) is 30.3 Å². The van der Waals surface area contributed by atoms with Crippen LogP contribution in [0, 0.1) is 13.8 Å². The van der Waals surface area contributed by atoms with Gasteiger partial charge in [-0.25, -0.2) is 8.42 Å². The normalized spacial score (nSPS) is 20.2. The molecule has 1 aromatic heterocycles. The van der Waals surface area contributed by atoms with E-state index < -0.39 is 15.6 Å². The summed E-state index contributed by atoms with van der Waals surface area (Å²) in [7, 11) is -3.70. The van der Waals surface area contributed by atoms with Gasteiger partial charge >= 0.3 is 0 Å². The summed E-state index contributed by atoms with van der Waals surface area (Å²) in [6, 6.07) is 9.73. The minimum atomic E-state index is -3.70. The van der Waals surface area contributed by atoms with Gasteiger partial charge in [0, 0.05) is 18.8 Å². The van der Waals surface area contributed by atoms with Crippen molar-refractivity contribution in [2.45, 2.75) is 37.1 Å². The minimum absolute atomic E-state index is 0.0410. The maximum absolute atomic E-state index is 13.0. The van der Waals surface area contributed by atoms with Gasteiger partial charge in [0.05, 0.1) is 6.67 Å². The third-order valence-corrected chi connectivity index (χ3v) is 7.66. The van der Waals surface area contributed by atoms with E-state index in [4.69, 9.17) is 4.52 Å². The summed E-state index contributed by atoms with van der Waals surface area (Å²) in [5.74, 6) is 0.248. The molecule has 27 heavy (non-hydrogen) atoms. The first-order valence-corrected chi connectivity index (χ1v) is 10.3. The largest absolute Gasteiger partial charge is 0.360 e. The highest BCUT2D eigenvalue weighted by molar-refractivity contribution is 7.89. The highest BCUT2D eigenvalue weighted by atomic mass is 32.2. The van der Waals surface area contributed by atoms with E-state index in [1.54, 1.807) is 13.8 Å². The molecule has 2 aliphatic heterocycles. The fraction of sp³-hybridized carbons (Fsp3) is 0.444. The molecule has 2 saturated heterocycles. The van der Waals surface area contributed by atoms with Crippen LogP contribution in [0.15, 0.2) is 39.8 Å². The van der Waals surface area contributed by atoms with E-state index in [0.717, 1.165) is 5.69 Å². The predicted octanol–water partition coefficient (Wildman–Crippen LogP) is 1.41. The van der Waals surface area contributed by atoms with Gasteiger partial charge < -0.3 is 14.7 Å². The molecular formula is C18H22N4O4S. The zero-order valence-corrected chi connectivity index (χ0v) is 16.1. The number of anilines is 1. The second-order valence-electron chi connectivity index (χ2n) is 7.02. The van der Waals surface area contributed by atoms with Gasteiger partial charge in [-0.3, -0.25) is 4.79 Å². The summed E-state index contributed by atoms with van der Waals surface area (Å²) >= 11 is 0. The molecule has 4 rings (SSSR count). The molecule has 2 aliphatic rings. The van der Waals surface area contributed by atoms with Crippen molar-refractivity contribution < 1.29 is 17.7 Å². The van der Waals surface area contributed by atoms with Gasteiger partial charge in [0.2, 0.25) is 15.9 Å². The van der Waals surface area contributed by atoms with Crippen LogP contribution in [0.25, 0.3) is 0 Å². The molecule has 2 fully saturated rings. The Balaban J connectivity index is 1.60. The van der Waals surface area contributed by atoms with Crippen LogP contribution in [0.4, 0.5) is 5.69 Å². The van der Waals surface area contributed by atoms with Crippen molar-refractivity contribution in [1.29, 1.82) is 0 Å². The minimum Gasteiger partial charge on any atom is -0.360 e. The molecule has 144 valence electrons. The Morgan fingerprint density at radius 1 is 1.15 bits per heavy atom. The van der Waals surface area contributed by atoms with Crippen molar-refractivity contribution in [2.24, 2.45) is 0 Å². The number of piperidine rings is 1. The third kappa shape index (κ3) is 2.72. The number of sulfonamides is 1. The maximum Gasteiger partial charge on any atom is 0.248 e. The van der Waals surface area contributed by atoms with Crippen molar-refractivity contribution in [3.63, 3.8) is 0 Å². The summed E-state index contributed by atoms with van der Waals surface area (Å²) in [6.45, 7) is 4.18. The fourth-order valence-electron chi connectivity index (χ4n) is 4.10. The number of carbonyl (C=O) groups is 1. The lowest BCUT2D eigenvalue weighted by atomic mass is 9.86. The van der Waals surface area contributed by atoms with Gasteiger partial charge in [0.25, 0.3) is 0 Å². The number of hydrogen-bond acceptors (Lipinski definition) is 6. The van der Waals surface area contributed by atoms with Crippen LogP contribution in [-0.2, 0) is 14.8 Å². The number of para-hydroxylation sites is 1. The molecule has 1 amide bonds. The van der Waals surface area contributed by atoms with Crippen molar-refractivity contribution in [1.82, 2.24) is 14.8 Å². The molecule has 1 N–H and O–H groups in total. The van der Waals surface area contributed by atoms with Gasteiger partial charge in [0.1, 0.15) is 16.1 Å². The number of hydrogen-bond donors (Lipinski definition) is 1. The zero-order chi connectivity index (χ0) is 19.2. The predicted molar refractivity (Wildman–Crippen MR) is 98.6 cm³/mol. The van der Waals surface area contributed by atoms with E-state index in [-0.39, 0.29) is 29.7 Å². The summed E-state index contributed by atoms with van der Waals surface area (Å²) in [5.41, 5.74) is 0.599. The van der Waals surface area contributed by atoms with Crippen LogP contribution in [0.2, 0.25) is 0 Å². The number of aryl methyl sites for hydroxylation is 2. The Labute approximate surface area is 158 Å². The number of aromatic nitrogens is 1. The number of amides is 1. The molecule has 0 bridgehead atoms. The Bertz CT molecular complexity index is 943. The van der Waals surface area contributed by atoms with E-state index in [2.05, 4.69) is 15.4 Å². The number of nitrogens with one attached hydrogen (secondary N) is 1. The van der Waals surface area contributed by atoms with E-state index >= 15 is 0 Å². The number of rotatable bonds is 3. The number of carbonyl (C=O) groups excluding carboxylic acids is 1. The lowest BCUT2D eigenvalue weighted by molar-refractivity contribution is -0.124. The SMILES string of the molecule is Cc1noc(C)c1S(=O)(=O)N1CCC2(CC1)C(=O)NCN2c1ccccc1. The molecule has 0 saturated carbocycles. The second kappa shape index (κ2) is 6.35. The molecule has 9 heteroatoms. The molecule has 8 nitrogen and oxygen atoms in total. The van der Waals surface area contributed by atoms with Gasteiger partial charge in [-0.15, -0.1) is 0 Å². The van der Waals surface area contributed by atoms with Crippen molar-refractivity contribution in [3.05, 3.63) is 41.8 Å². The lowest BCUT2D eigenvalue weighted by Gasteiger charge is -2.42. The standard InChI is InChI=1S/C18H22N4O4S/c1-13-16(14(2)26-20-13)27(24,25)21-10-8-18(9-11-21)17(23)19-12-22(18)15-6-4-3-5-7-15/h3-7H,8-12H2,1-2H3,(H,19,23). The first-order valence-electron chi connectivity index (χ1n) is 8.90. The van der Waals surface area contributed by atoms with Crippen LogP contribution in [-0.4, -0.2) is 49.1 Å². The van der Waals surface area contributed by atoms with E-state index in [1.165, 1.54) is 4.31 Å². The average Bonchev–Trinajstić information content (AvgIpc) is 3.16. The monoisotopic (exact) mass is 390 g/mol. The van der Waals surface area contributed by atoms with Gasteiger partial charge in [-0.1, -0.05) is 23.4 Å². The Kier molecular flexibility index (Phi) is 4.23. The number of benzene rings is 1. The van der Waals surface area contributed by atoms with Gasteiger partial charge in [0.15, 0.2) is 5.76 Å². The van der Waals surface area contributed by atoms with Gasteiger partial charge in [-0.05, 0) is 38.8 Å². The Morgan fingerprint density at radius 3 is 2.41 bits per heavy atom. The molecular weight excluding hydrogens is 368 g/mol. The average molecular weight is 390 g/mol. The molecule has 1 spiro atoms. The summed E-state index contributed by atoms with van der Waals surface area (Å²) in [4.78, 5) is 14.9. The van der Waals surface area contributed by atoms with Crippen molar-refractivity contribution in [2.75, 3.05) is 24.7 Å². The second-order valence-corrected chi connectivity index (χ2v) is 8.89. The third-order valence-electron chi connectivity index (χ3n) is 5.52. The highest BCUT2D eigenvalue weighted by Crippen LogP contribution is 2.38. The molecule has 0 unspecified atom stereocenters. The molecule has 0 aliphatic carbocycles.